The Bertz CT molecular complexity index is 200. The Morgan fingerprint density at radius 2 is 0.944 bits per heavy atom. The molecule has 18 heavy (non-hydrogen) atoms. The lowest BCUT2D eigenvalue weighted by Gasteiger charge is -2.32. The van der Waals surface area contributed by atoms with Crippen molar-refractivity contribution < 1.29 is 9.47 Å². The molecular weight excluding hydrogens is 224 g/mol. The molecule has 1 saturated carbocycles. The predicted molar refractivity (Wildman–Crippen MR) is 76.9 cm³/mol. The van der Waals surface area contributed by atoms with Crippen molar-refractivity contribution in [2.24, 2.45) is 10.8 Å². The molecule has 1 fully saturated rings. The molecule has 1 rings (SSSR count). The first-order valence-corrected chi connectivity index (χ1v) is 7.39. The molecule has 0 bridgehead atoms. The molecule has 0 radical (unpaired) electrons. The van der Waals surface area contributed by atoms with Gasteiger partial charge in [-0.2, -0.15) is 0 Å². The van der Waals surface area contributed by atoms with Crippen molar-refractivity contribution in [3.8, 4) is 0 Å². The molecule has 0 spiro atoms. The smallest absolute Gasteiger partial charge is 0.0577 e. The van der Waals surface area contributed by atoms with Crippen molar-refractivity contribution >= 4 is 0 Å². The Morgan fingerprint density at radius 1 is 0.667 bits per heavy atom. The molecule has 0 unspecified atom stereocenters. The van der Waals surface area contributed by atoms with Crippen LogP contribution in [0, 0.1) is 10.8 Å². The van der Waals surface area contributed by atoms with Crippen LogP contribution in [0.4, 0.5) is 0 Å². The van der Waals surface area contributed by atoms with E-state index in [1.165, 1.54) is 0 Å². The molecule has 0 amide bonds. The van der Waals surface area contributed by atoms with E-state index < -0.39 is 0 Å². The van der Waals surface area contributed by atoms with E-state index in [0.717, 1.165) is 38.9 Å². The highest BCUT2D eigenvalue weighted by Gasteiger charge is 2.24. The van der Waals surface area contributed by atoms with Gasteiger partial charge in [-0.1, -0.05) is 41.5 Å². The maximum absolute atomic E-state index is 5.99. The Balaban J connectivity index is 2.17. The third kappa shape index (κ3) is 7.38. The topological polar surface area (TPSA) is 18.5 Å². The van der Waals surface area contributed by atoms with Crippen LogP contribution >= 0.6 is 0 Å². The van der Waals surface area contributed by atoms with Crippen LogP contribution in [0.25, 0.3) is 0 Å². The maximum atomic E-state index is 5.99. The Hall–Kier alpha value is -0.0800. The summed E-state index contributed by atoms with van der Waals surface area (Å²) in [5, 5.41) is 0. The Labute approximate surface area is 113 Å². The molecule has 0 atom stereocenters. The zero-order valence-electron chi connectivity index (χ0n) is 13.2. The van der Waals surface area contributed by atoms with Gasteiger partial charge < -0.3 is 9.47 Å². The highest BCUT2D eigenvalue weighted by atomic mass is 16.5. The van der Waals surface area contributed by atoms with E-state index in [1.54, 1.807) is 0 Å². The van der Waals surface area contributed by atoms with E-state index in [-0.39, 0.29) is 10.8 Å². The monoisotopic (exact) mass is 256 g/mol. The van der Waals surface area contributed by atoms with Crippen LogP contribution in [-0.2, 0) is 9.47 Å². The molecule has 2 heteroatoms. The summed E-state index contributed by atoms with van der Waals surface area (Å²) >= 11 is 0. The molecule has 2 nitrogen and oxygen atoms in total. The van der Waals surface area contributed by atoms with Gasteiger partial charge >= 0.3 is 0 Å². The van der Waals surface area contributed by atoms with Gasteiger partial charge in [0.15, 0.2) is 0 Å². The fraction of sp³-hybridized carbons (Fsp3) is 1.00. The third-order valence-corrected chi connectivity index (χ3v) is 3.13. The van der Waals surface area contributed by atoms with E-state index in [1.807, 2.05) is 0 Å². The summed E-state index contributed by atoms with van der Waals surface area (Å²) in [7, 11) is 0. The van der Waals surface area contributed by atoms with Crippen LogP contribution in [0.1, 0.15) is 67.2 Å². The summed E-state index contributed by atoms with van der Waals surface area (Å²) in [6.07, 6.45) is 5.54. The highest BCUT2D eigenvalue weighted by molar-refractivity contribution is 4.75. The lowest BCUT2D eigenvalue weighted by Crippen LogP contribution is -2.30. The van der Waals surface area contributed by atoms with Gasteiger partial charge in [0, 0.05) is 0 Å². The lowest BCUT2D eigenvalue weighted by atomic mass is 9.93. The first-order valence-electron chi connectivity index (χ1n) is 7.39. The van der Waals surface area contributed by atoms with Crippen LogP contribution in [-0.4, -0.2) is 25.4 Å². The van der Waals surface area contributed by atoms with Gasteiger partial charge in [-0.25, -0.2) is 0 Å². The summed E-state index contributed by atoms with van der Waals surface area (Å²) < 4.78 is 12.0. The third-order valence-electron chi connectivity index (χ3n) is 3.13. The second kappa shape index (κ2) is 6.38. The number of hydrogen-bond acceptors (Lipinski definition) is 2. The highest BCUT2D eigenvalue weighted by Crippen LogP contribution is 2.27. The molecule has 0 heterocycles. The minimum atomic E-state index is 0.277. The van der Waals surface area contributed by atoms with E-state index in [9.17, 15) is 0 Å². The van der Waals surface area contributed by atoms with E-state index >= 15 is 0 Å². The molecule has 0 aromatic rings. The largest absolute Gasteiger partial charge is 0.378 e. The second-order valence-electron chi connectivity index (χ2n) is 8.14. The van der Waals surface area contributed by atoms with E-state index in [4.69, 9.17) is 9.47 Å². The molecule has 1 aliphatic rings. The number of rotatable bonds is 4. The fourth-order valence-corrected chi connectivity index (χ4v) is 2.10. The molecule has 0 saturated heterocycles. The maximum Gasteiger partial charge on any atom is 0.0577 e. The average Bonchev–Trinajstić information content (AvgIpc) is 2.23. The molecule has 0 aromatic heterocycles. The standard InChI is InChI=1S/C16H32O2/c1-15(2,3)11-17-13-7-9-14(10-8-13)18-12-16(4,5)6/h13-14H,7-12H2,1-6H3. The molecule has 108 valence electrons. The minimum absolute atomic E-state index is 0.277. The van der Waals surface area contributed by atoms with Gasteiger partial charge in [0.25, 0.3) is 0 Å². The van der Waals surface area contributed by atoms with Gasteiger partial charge in [0.2, 0.25) is 0 Å². The summed E-state index contributed by atoms with van der Waals surface area (Å²) in [4.78, 5) is 0. The summed E-state index contributed by atoms with van der Waals surface area (Å²) in [5.41, 5.74) is 0.555. The summed E-state index contributed by atoms with van der Waals surface area (Å²) in [6.45, 7) is 15.1. The SMILES string of the molecule is CC(C)(C)COC1CCC(OCC(C)(C)C)CC1. The number of ether oxygens (including phenoxy) is 2. The lowest BCUT2D eigenvalue weighted by molar-refractivity contribution is -0.0603. The Morgan fingerprint density at radius 3 is 1.17 bits per heavy atom. The van der Waals surface area contributed by atoms with Crippen molar-refractivity contribution in [3.05, 3.63) is 0 Å². The molecule has 0 N–H and O–H groups in total. The van der Waals surface area contributed by atoms with Crippen LogP contribution in [0.5, 0.6) is 0 Å². The van der Waals surface area contributed by atoms with Crippen molar-refractivity contribution in [3.63, 3.8) is 0 Å². The van der Waals surface area contributed by atoms with E-state index in [2.05, 4.69) is 41.5 Å². The van der Waals surface area contributed by atoms with Gasteiger partial charge in [-0.3, -0.25) is 0 Å². The number of hydrogen-bond donors (Lipinski definition) is 0. The van der Waals surface area contributed by atoms with Gasteiger partial charge in [0.05, 0.1) is 25.4 Å². The van der Waals surface area contributed by atoms with Crippen LogP contribution < -0.4 is 0 Å². The molecule has 1 aliphatic carbocycles. The molecule has 0 aromatic carbocycles. The zero-order valence-corrected chi connectivity index (χ0v) is 13.2. The molecular formula is C16H32O2. The van der Waals surface area contributed by atoms with Crippen molar-refractivity contribution in [1.82, 2.24) is 0 Å². The predicted octanol–water partition coefficient (Wildman–Crippen LogP) is 4.42. The molecule has 0 aliphatic heterocycles. The zero-order chi connectivity index (χ0) is 13.8. The van der Waals surface area contributed by atoms with Crippen LogP contribution in [0.15, 0.2) is 0 Å². The summed E-state index contributed by atoms with van der Waals surface area (Å²) in [5.74, 6) is 0. The van der Waals surface area contributed by atoms with Crippen LogP contribution in [0.2, 0.25) is 0 Å². The van der Waals surface area contributed by atoms with E-state index in [0.29, 0.717) is 12.2 Å². The first-order chi connectivity index (χ1) is 8.16. The van der Waals surface area contributed by atoms with Crippen LogP contribution in [0.3, 0.4) is 0 Å². The fourth-order valence-electron chi connectivity index (χ4n) is 2.10. The Kier molecular flexibility index (Phi) is 5.67. The van der Waals surface area contributed by atoms with Gasteiger partial charge in [-0.05, 0) is 36.5 Å². The first kappa shape index (κ1) is 16.0. The average molecular weight is 256 g/mol. The minimum Gasteiger partial charge on any atom is -0.378 e. The van der Waals surface area contributed by atoms with Crippen molar-refractivity contribution in [2.75, 3.05) is 13.2 Å². The van der Waals surface area contributed by atoms with Crippen molar-refractivity contribution in [2.45, 2.75) is 79.4 Å². The summed E-state index contributed by atoms with van der Waals surface area (Å²) in [6, 6.07) is 0. The quantitative estimate of drug-likeness (QED) is 0.741. The van der Waals surface area contributed by atoms with Crippen molar-refractivity contribution in [1.29, 1.82) is 0 Å². The van der Waals surface area contributed by atoms with Gasteiger partial charge in [0.1, 0.15) is 0 Å². The normalized spacial score (nSPS) is 26.3. The second-order valence-corrected chi connectivity index (χ2v) is 8.14. The van der Waals surface area contributed by atoms with Gasteiger partial charge in [-0.15, -0.1) is 0 Å².